The Kier molecular flexibility index (Phi) is 4.83. The van der Waals surface area contributed by atoms with Gasteiger partial charge in [0, 0.05) is 30.1 Å². The van der Waals surface area contributed by atoms with Crippen molar-refractivity contribution in [2.24, 2.45) is 0 Å². The maximum absolute atomic E-state index is 4.55. The molecule has 0 aliphatic carbocycles. The van der Waals surface area contributed by atoms with E-state index in [4.69, 9.17) is 0 Å². The molecule has 1 aromatic heterocycles. The van der Waals surface area contributed by atoms with E-state index in [1.807, 2.05) is 24.2 Å². The van der Waals surface area contributed by atoms with E-state index in [0.29, 0.717) is 11.3 Å². The Balaban J connectivity index is 2.04. The molecule has 1 aliphatic heterocycles. The van der Waals surface area contributed by atoms with Crippen LogP contribution >= 0.6 is 11.8 Å². The fourth-order valence-electron chi connectivity index (χ4n) is 2.10. The van der Waals surface area contributed by atoms with Crippen molar-refractivity contribution in [1.82, 2.24) is 15.3 Å². The predicted molar refractivity (Wildman–Crippen MR) is 78.1 cm³/mol. The minimum atomic E-state index is 0.526. The van der Waals surface area contributed by atoms with Crippen molar-refractivity contribution >= 4 is 17.6 Å². The number of hydrogen-bond donors (Lipinski definition) is 1. The lowest BCUT2D eigenvalue weighted by Crippen LogP contribution is -2.45. The number of hydrogen-bond acceptors (Lipinski definition) is 5. The van der Waals surface area contributed by atoms with E-state index in [0.717, 1.165) is 31.1 Å². The smallest absolute Gasteiger partial charge is 0.147 e. The predicted octanol–water partition coefficient (Wildman–Crippen LogP) is 1.92. The molecule has 4 nitrogen and oxygen atoms in total. The standard InChI is InChI=1S/C13H22N4S/c1-4-14-7-12-8-16-13(9-15-12)17-5-6-18-11(3)10(17)2/h8-11,14H,4-7H2,1-3H3. The Morgan fingerprint density at radius 2 is 2.22 bits per heavy atom. The molecule has 2 atom stereocenters. The van der Waals surface area contributed by atoms with Crippen LogP contribution in [0.25, 0.3) is 0 Å². The van der Waals surface area contributed by atoms with Gasteiger partial charge in [0.2, 0.25) is 0 Å². The highest BCUT2D eigenvalue weighted by Gasteiger charge is 2.26. The van der Waals surface area contributed by atoms with Crippen molar-refractivity contribution in [3.05, 3.63) is 18.1 Å². The molecule has 1 fully saturated rings. The molecule has 1 N–H and O–H groups in total. The molecule has 1 aromatic rings. The summed E-state index contributed by atoms with van der Waals surface area (Å²) in [6, 6.07) is 0.526. The van der Waals surface area contributed by atoms with Gasteiger partial charge >= 0.3 is 0 Å². The van der Waals surface area contributed by atoms with Gasteiger partial charge in [0.25, 0.3) is 0 Å². The van der Waals surface area contributed by atoms with Crippen molar-refractivity contribution < 1.29 is 0 Å². The molecular weight excluding hydrogens is 244 g/mol. The molecule has 2 rings (SSSR count). The maximum atomic E-state index is 4.55. The van der Waals surface area contributed by atoms with Gasteiger partial charge in [0.05, 0.1) is 18.1 Å². The van der Waals surface area contributed by atoms with E-state index in [2.05, 4.69) is 41.0 Å². The molecule has 0 amide bonds. The number of thioether (sulfide) groups is 1. The molecule has 2 heterocycles. The highest BCUT2D eigenvalue weighted by atomic mass is 32.2. The molecule has 0 saturated carbocycles. The monoisotopic (exact) mass is 266 g/mol. The van der Waals surface area contributed by atoms with Crippen LogP contribution in [0.1, 0.15) is 26.5 Å². The summed E-state index contributed by atoms with van der Waals surface area (Å²) in [6.07, 6.45) is 3.79. The third-order valence-corrected chi connectivity index (χ3v) is 4.76. The Bertz CT molecular complexity index is 368. The van der Waals surface area contributed by atoms with Gasteiger partial charge in [-0.2, -0.15) is 11.8 Å². The summed E-state index contributed by atoms with van der Waals surface area (Å²) in [7, 11) is 0. The van der Waals surface area contributed by atoms with E-state index < -0.39 is 0 Å². The highest BCUT2D eigenvalue weighted by Crippen LogP contribution is 2.27. The first kappa shape index (κ1) is 13.6. The molecule has 0 spiro atoms. The average Bonchev–Trinajstić information content (AvgIpc) is 2.40. The molecule has 18 heavy (non-hydrogen) atoms. The lowest BCUT2D eigenvalue weighted by molar-refractivity contribution is 0.617. The summed E-state index contributed by atoms with van der Waals surface area (Å²) >= 11 is 2.04. The molecule has 0 aromatic carbocycles. The summed E-state index contributed by atoms with van der Waals surface area (Å²) in [5, 5.41) is 3.91. The van der Waals surface area contributed by atoms with Crippen LogP contribution < -0.4 is 10.2 Å². The summed E-state index contributed by atoms with van der Waals surface area (Å²) < 4.78 is 0. The molecule has 0 radical (unpaired) electrons. The third kappa shape index (κ3) is 3.14. The topological polar surface area (TPSA) is 41.1 Å². The molecule has 100 valence electrons. The van der Waals surface area contributed by atoms with Gasteiger partial charge in [0.1, 0.15) is 5.82 Å². The Labute approximate surface area is 114 Å². The normalized spacial score (nSPS) is 24.3. The second kappa shape index (κ2) is 6.38. The fourth-order valence-corrected chi connectivity index (χ4v) is 3.20. The first-order valence-electron chi connectivity index (χ1n) is 6.62. The van der Waals surface area contributed by atoms with Gasteiger partial charge < -0.3 is 10.2 Å². The van der Waals surface area contributed by atoms with Crippen LogP contribution in [0.2, 0.25) is 0 Å². The molecule has 5 heteroatoms. The van der Waals surface area contributed by atoms with Crippen molar-refractivity contribution in [2.75, 3.05) is 23.7 Å². The van der Waals surface area contributed by atoms with Crippen LogP contribution in [0, 0.1) is 0 Å². The van der Waals surface area contributed by atoms with Gasteiger partial charge in [-0.25, -0.2) is 4.98 Å². The average molecular weight is 266 g/mol. The van der Waals surface area contributed by atoms with Gasteiger partial charge in [-0.05, 0) is 13.5 Å². The molecular formula is C13H22N4S. The molecule has 1 saturated heterocycles. The van der Waals surface area contributed by atoms with Crippen molar-refractivity contribution in [2.45, 2.75) is 38.6 Å². The minimum absolute atomic E-state index is 0.526. The van der Waals surface area contributed by atoms with Gasteiger partial charge in [-0.3, -0.25) is 4.98 Å². The first-order valence-corrected chi connectivity index (χ1v) is 7.67. The third-order valence-electron chi connectivity index (χ3n) is 3.43. The van der Waals surface area contributed by atoms with Gasteiger partial charge in [-0.1, -0.05) is 13.8 Å². The van der Waals surface area contributed by atoms with Gasteiger partial charge in [0.15, 0.2) is 0 Å². The quantitative estimate of drug-likeness (QED) is 0.901. The van der Waals surface area contributed by atoms with E-state index >= 15 is 0 Å². The van der Waals surface area contributed by atoms with Crippen molar-refractivity contribution in [3.63, 3.8) is 0 Å². The summed E-state index contributed by atoms with van der Waals surface area (Å²) in [4.78, 5) is 11.4. The van der Waals surface area contributed by atoms with E-state index in [1.165, 1.54) is 5.75 Å². The SMILES string of the molecule is CCNCc1cnc(N2CCSC(C)C2C)cn1. The summed E-state index contributed by atoms with van der Waals surface area (Å²) in [5.41, 5.74) is 1.01. The zero-order chi connectivity index (χ0) is 13.0. The van der Waals surface area contributed by atoms with E-state index in [-0.39, 0.29) is 0 Å². The lowest BCUT2D eigenvalue weighted by atomic mass is 10.2. The Hall–Kier alpha value is -0.810. The zero-order valence-corrected chi connectivity index (χ0v) is 12.2. The minimum Gasteiger partial charge on any atom is -0.351 e. The van der Waals surface area contributed by atoms with Gasteiger partial charge in [-0.15, -0.1) is 0 Å². The molecule has 1 aliphatic rings. The summed E-state index contributed by atoms with van der Waals surface area (Å²) in [6.45, 7) is 9.47. The first-order chi connectivity index (χ1) is 8.72. The second-order valence-corrected chi connectivity index (χ2v) is 6.14. The van der Waals surface area contributed by atoms with Crippen molar-refractivity contribution in [1.29, 1.82) is 0 Å². The van der Waals surface area contributed by atoms with Crippen LogP contribution in [0.15, 0.2) is 12.4 Å². The number of anilines is 1. The van der Waals surface area contributed by atoms with Crippen LogP contribution in [0.5, 0.6) is 0 Å². The molecule has 0 bridgehead atoms. The van der Waals surface area contributed by atoms with Crippen LogP contribution in [0.3, 0.4) is 0 Å². The second-order valence-electron chi connectivity index (χ2n) is 4.66. The Morgan fingerprint density at radius 1 is 1.39 bits per heavy atom. The summed E-state index contributed by atoms with van der Waals surface area (Å²) in [5.74, 6) is 2.18. The lowest BCUT2D eigenvalue weighted by Gasteiger charge is -2.38. The number of rotatable bonds is 4. The highest BCUT2D eigenvalue weighted by molar-refractivity contribution is 8.00. The number of nitrogens with zero attached hydrogens (tertiary/aromatic N) is 3. The number of nitrogens with one attached hydrogen (secondary N) is 1. The van der Waals surface area contributed by atoms with Crippen LogP contribution in [0.4, 0.5) is 5.82 Å². The van der Waals surface area contributed by atoms with Crippen molar-refractivity contribution in [3.8, 4) is 0 Å². The fraction of sp³-hybridized carbons (Fsp3) is 0.692. The Morgan fingerprint density at radius 3 is 2.89 bits per heavy atom. The maximum Gasteiger partial charge on any atom is 0.147 e. The number of aromatic nitrogens is 2. The van der Waals surface area contributed by atoms with Crippen LogP contribution in [-0.2, 0) is 6.54 Å². The van der Waals surface area contributed by atoms with Crippen LogP contribution in [-0.4, -0.2) is 40.1 Å². The zero-order valence-electron chi connectivity index (χ0n) is 11.4. The van der Waals surface area contributed by atoms with E-state index in [1.54, 1.807) is 0 Å². The molecule has 2 unspecified atom stereocenters. The largest absolute Gasteiger partial charge is 0.351 e. The van der Waals surface area contributed by atoms with E-state index in [9.17, 15) is 0 Å².